The van der Waals surface area contributed by atoms with Crippen molar-refractivity contribution in [1.29, 1.82) is 0 Å². The van der Waals surface area contributed by atoms with Crippen LogP contribution in [-0.2, 0) is 16.0 Å². The molecule has 5 nitrogen and oxygen atoms in total. The summed E-state index contributed by atoms with van der Waals surface area (Å²) in [5, 5.41) is 0. The predicted octanol–water partition coefficient (Wildman–Crippen LogP) is 0.164. The zero-order chi connectivity index (χ0) is 9.52. The van der Waals surface area contributed by atoms with Crippen molar-refractivity contribution in [2.24, 2.45) is 0 Å². The molecule has 1 rings (SSSR count). The van der Waals surface area contributed by atoms with E-state index < -0.39 is 0 Å². The number of hydrogen-bond donors (Lipinski definition) is 1. The molecule has 70 valence electrons. The smallest absolute Gasteiger partial charge is 0.293 e. The van der Waals surface area contributed by atoms with E-state index in [1.165, 1.54) is 0 Å². The Bertz CT molecular complexity index is 261. The van der Waals surface area contributed by atoms with Gasteiger partial charge in [-0.1, -0.05) is 0 Å². The SMILES string of the molecule is Nc1cnc(CCCOC=O)nc1. The van der Waals surface area contributed by atoms with Crippen LogP contribution in [0.15, 0.2) is 12.4 Å². The standard InChI is InChI=1S/C8H11N3O2/c9-7-4-10-8(11-5-7)2-1-3-13-6-12/h4-6H,1-3,9H2. The van der Waals surface area contributed by atoms with E-state index in [4.69, 9.17) is 5.73 Å². The summed E-state index contributed by atoms with van der Waals surface area (Å²) in [4.78, 5) is 17.8. The van der Waals surface area contributed by atoms with Crippen LogP contribution in [-0.4, -0.2) is 23.0 Å². The summed E-state index contributed by atoms with van der Waals surface area (Å²) in [6.45, 7) is 0.834. The Hall–Kier alpha value is -1.65. The Morgan fingerprint density at radius 3 is 2.77 bits per heavy atom. The van der Waals surface area contributed by atoms with E-state index in [9.17, 15) is 4.79 Å². The van der Waals surface area contributed by atoms with Gasteiger partial charge in [0, 0.05) is 6.42 Å². The number of rotatable bonds is 5. The molecule has 0 unspecified atom stereocenters. The highest BCUT2D eigenvalue weighted by Crippen LogP contribution is 1.98. The van der Waals surface area contributed by atoms with Gasteiger partial charge in [0.1, 0.15) is 5.82 Å². The first-order valence-corrected chi connectivity index (χ1v) is 3.94. The number of anilines is 1. The van der Waals surface area contributed by atoms with Gasteiger partial charge in [-0.05, 0) is 6.42 Å². The van der Waals surface area contributed by atoms with Crippen molar-refractivity contribution in [2.75, 3.05) is 12.3 Å². The first kappa shape index (κ1) is 9.44. The van der Waals surface area contributed by atoms with Crippen molar-refractivity contribution in [3.63, 3.8) is 0 Å². The van der Waals surface area contributed by atoms with Gasteiger partial charge in [0.15, 0.2) is 0 Å². The van der Waals surface area contributed by atoms with Crippen LogP contribution in [0.4, 0.5) is 5.69 Å². The number of carbonyl (C=O) groups excluding carboxylic acids is 1. The van der Waals surface area contributed by atoms with Crippen molar-refractivity contribution < 1.29 is 9.53 Å². The molecule has 0 radical (unpaired) electrons. The monoisotopic (exact) mass is 181 g/mol. The summed E-state index contributed by atoms with van der Waals surface area (Å²) in [5.41, 5.74) is 5.96. The van der Waals surface area contributed by atoms with Crippen LogP contribution in [0.1, 0.15) is 12.2 Å². The summed E-state index contributed by atoms with van der Waals surface area (Å²) in [6, 6.07) is 0. The second kappa shape index (κ2) is 5.08. The first-order chi connectivity index (χ1) is 6.33. The van der Waals surface area contributed by atoms with E-state index in [1.807, 2.05) is 0 Å². The number of ether oxygens (including phenoxy) is 1. The van der Waals surface area contributed by atoms with Crippen LogP contribution in [0.2, 0.25) is 0 Å². The van der Waals surface area contributed by atoms with Gasteiger partial charge in [0.05, 0.1) is 24.7 Å². The summed E-state index contributed by atoms with van der Waals surface area (Å²) in [7, 11) is 0. The fourth-order valence-electron chi connectivity index (χ4n) is 0.856. The van der Waals surface area contributed by atoms with Crippen LogP contribution in [0.25, 0.3) is 0 Å². The molecule has 1 aromatic rings. The Labute approximate surface area is 75.9 Å². The van der Waals surface area contributed by atoms with Crippen molar-refractivity contribution in [2.45, 2.75) is 12.8 Å². The third-order valence-electron chi connectivity index (χ3n) is 1.46. The van der Waals surface area contributed by atoms with Gasteiger partial charge in [-0.2, -0.15) is 0 Å². The molecule has 2 N–H and O–H groups in total. The highest BCUT2D eigenvalue weighted by Gasteiger charge is 1.95. The Kier molecular flexibility index (Phi) is 3.69. The maximum Gasteiger partial charge on any atom is 0.293 e. The number of nitrogens with zero attached hydrogens (tertiary/aromatic N) is 2. The van der Waals surface area contributed by atoms with Gasteiger partial charge in [0.2, 0.25) is 0 Å². The third kappa shape index (κ3) is 3.50. The number of hydrogen-bond acceptors (Lipinski definition) is 5. The lowest BCUT2D eigenvalue weighted by atomic mass is 10.3. The minimum atomic E-state index is 0.400. The number of nitrogens with two attached hydrogens (primary N) is 1. The molecule has 0 bridgehead atoms. The second-order valence-electron chi connectivity index (χ2n) is 2.50. The predicted molar refractivity (Wildman–Crippen MR) is 46.8 cm³/mol. The molecule has 0 saturated carbocycles. The van der Waals surface area contributed by atoms with Gasteiger partial charge < -0.3 is 10.5 Å². The summed E-state index contributed by atoms with van der Waals surface area (Å²) in [6.07, 6.45) is 4.53. The van der Waals surface area contributed by atoms with E-state index >= 15 is 0 Å². The van der Waals surface area contributed by atoms with Crippen LogP contribution in [0.3, 0.4) is 0 Å². The molecule has 0 aliphatic rings. The minimum Gasteiger partial charge on any atom is -0.468 e. The zero-order valence-corrected chi connectivity index (χ0v) is 7.14. The number of aryl methyl sites for hydroxylation is 1. The lowest BCUT2D eigenvalue weighted by molar-refractivity contribution is -0.128. The molecule has 0 spiro atoms. The fourth-order valence-corrected chi connectivity index (χ4v) is 0.856. The average Bonchev–Trinajstić information content (AvgIpc) is 2.15. The summed E-state index contributed by atoms with van der Waals surface area (Å²) in [5.74, 6) is 0.712. The molecule has 0 aliphatic heterocycles. The first-order valence-electron chi connectivity index (χ1n) is 3.94. The van der Waals surface area contributed by atoms with E-state index in [-0.39, 0.29) is 0 Å². The van der Waals surface area contributed by atoms with Crippen LogP contribution < -0.4 is 5.73 Å². The third-order valence-corrected chi connectivity index (χ3v) is 1.46. The molecule has 0 fully saturated rings. The number of nitrogen functional groups attached to an aromatic ring is 1. The maximum absolute atomic E-state index is 9.79. The maximum atomic E-state index is 9.79. The molecular formula is C8H11N3O2. The Morgan fingerprint density at radius 2 is 2.15 bits per heavy atom. The second-order valence-corrected chi connectivity index (χ2v) is 2.50. The van der Waals surface area contributed by atoms with Gasteiger partial charge >= 0.3 is 0 Å². The molecule has 13 heavy (non-hydrogen) atoms. The molecule has 5 heteroatoms. The van der Waals surface area contributed by atoms with Gasteiger partial charge in [-0.15, -0.1) is 0 Å². The molecule has 1 aromatic heterocycles. The molecule has 1 heterocycles. The van der Waals surface area contributed by atoms with E-state index in [0.29, 0.717) is 31.0 Å². The molecule has 0 saturated heterocycles. The topological polar surface area (TPSA) is 78.1 Å². The highest BCUT2D eigenvalue weighted by molar-refractivity contribution is 5.36. The largest absolute Gasteiger partial charge is 0.468 e. The van der Waals surface area contributed by atoms with Gasteiger partial charge in [0.25, 0.3) is 6.47 Å². The summed E-state index contributed by atoms with van der Waals surface area (Å²) >= 11 is 0. The zero-order valence-electron chi connectivity index (χ0n) is 7.14. The Balaban J connectivity index is 2.28. The van der Waals surface area contributed by atoms with E-state index in [2.05, 4.69) is 14.7 Å². The van der Waals surface area contributed by atoms with Crippen LogP contribution >= 0.6 is 0 Å². The average molecular weight is 181 g/mol. The molecular weight excluding hydrogens is 170 g/mol. The quantitative estimate of drug-likeness (QED) is 0.517. The minimum absolute atomic E-state index is 0.400. The lowest BCUT2D eigenvalue weighted by Gasteiger charge is -1.99. The molecule has 0 aliphatic carbocycles. The molecule has 0 atom stereocenters. The fraction of sp³-hybridized carbons (Fsp3) is 0.375. The normalized spacial score (nSPS) is 9.54. The van der Waals surface area contributed by atoms with E-state index in [1.54, 1.807) is 12.4 Å². The van der Waals surface area contributed by atoms with E-state index in [0.717, 1.165) is 6.42 Å². The number of aromatic nitrogens is 2. The Morgan fingerprint density at radius 1 is 1.46 bits per heavy atom. The lowest BCUT2D eigenvalue weighted by Crippen LogP contribution is -2.00. The van der Waals surface area contributed by atoms with Crippen molar-refractivity contribution >= 4 is 12.2 Å². The summed E-state index contributed by atoms with van der Waals surface area (Å²) < 4.78 is 4.52. The van der Waals surface area contributed by atoms with Gasteiger partial charge in [-0.3, -0.25) is 4.79 Å². The van der Waals surface area contributed by atoms with Crippen molar-refractivity contribution in [1.82, 2.24) is 9.97 Å². The van der Waals surface area contributed by atoms with Crippen LogP contribution in [0, 0.1) is 0 Å². The molecule has 0 aromatic carbocycles. The number of carbonyl (C=O) groups is 1. The van der Waals surface area contributed by atoms with Gasteiger partial charge in [-0.25, -0.2) is 9.97 Å². The van der Waals surface area contributed by atoms with Crippen LogP contribution in [0.5, 0.6) is 0 Å². The highest BCUT2D eigenvalue weighted by atomic mass is 16.5. The van der Waals surface area contributed by atoms with Crippen molar-refractivity contribution in [3.8, 4) is 0 Å². The van der Waals surface area contributed by atoms with Crippen molar-refractivity contribution in [3.05, 3.63) is 18.2 Å². The molecule has 0 amide bonds.